The lowest BCUT2D eigenvalue weighted by atomic mass is 9.90. The number of aryl methyl sites for hydroxylation is 1. The van der Waals surface area contributed by atoms with Gasteiger partial charge in [0.15, 0.2) is 5.76 Å². The molecule has 1 heterocycles. The summed E-state index contributed by atoms with van der Waals surface area (Å²) in [6, 6.07) is 4.57. The summed E-state index contributed by atoms with van der Waals surface area (Å²) in [6.45, 7) is 12.1. The van der Waals surface area contributed by atoms with Crippen LogP contribution in [0.3, 0.4) is 0 Å². The maximum atomic E-state index is 12.5. The summed E-state index contributed by atoms with van der Waals surface area (Å²) in [7, 11) is 0. The van der Waals surface area contributed by atoms with Gasteiger partial charge in [-0.05, 0) is 81.5 Å². The number of anilines is 1. The van der Waals surface area contributed by atoms with Gasteiger partial charge in [-0.3, -0.25) is 0 Å². The Morgan fingerprint density at radius 1 is 0.968 bits per heavy atom. The molecule has 8 heteroatoms. The van der Waals surface area contributed by atoms with E-state index in [0.29, 0.717) is 32.8 Å². The molecule has 1 aromatic heterocycles. The van der Waals surface area contributed by atoms with Gasteiger partial charge in [-0.1, -0.05) is 34.4 Å². The zero-order valence-corrected chi connectivity index (χ0v) is 19.8. The number of carbonyl (C=O) groups excluding carboxylic acids is 1. The molecule has 0 bridgehead atoms. The number of hydrazone groups is 1. The van der Waals surface area contributed by atoms with Gasteiger partial charge in [-0.25, -0.2) is 10.2 Å². The number of carbonyl (C=O) groups is 1. The summed E-state index contributed by atoms with van der Waals surface area (Å²) in [4.78, 5) is 12.5. The van der Waals surface area contributed by atoms with E-state index in [1.54, 1.807) is 31.3 Å². The van der Waals surface area contributed by atoms with Crippen LogP contribution in [0.5, 0.6) is 0 Å². The average molecular weight is 459 g/mol. The molecule has 0 saturated heterocycles. The first-order valence-corrected chi connectivity index (χ1v) is 10.5. The molecule has 0 atom stereocenters. The number of urea groups is 1. The normalized spacial score (nSPS) is 11.2. The number of benzene rings is 2. The highest BCUT2D eigenvalue weighted by Gasteiger charge is 2.21. The summed E-state index contributed by atoms with van der Waals surface area (Å²) < 4.78 is 5.26. The van der Waals surface area contributed by atoms with Crippen LogP contribution in [0.2, 0.25) is 10.0 Å². The van der Waals surface area contributed by atoms with Crippen molar-refractivity contribution in [2.24, 2.45) is 5.10 Å². The first-order chi connectivity index (χ1) is 14.6. The predicted molar refractivity (Wildman–Crippen MR) is 127 cm³/mol. The van der Waals surface area contributed by atoms with Gasteiger partial charge in [0.05, 0.1) is 16.3 Å². The Morgan fingerprint density at radius 3 is 2.10 bits per heavy atom. The molecule has 0 aliphatic carbocycles. The van der Waals surface area contributed by atoms with Gasteiger partial charge in [0.25, 0.3) is 0 Å². The third-order valence-electron chi connectivity index (χ3n) is 5.72. The van der Waals surface area contributed by atoms with Crippen LogP contribution in [-0.2, 0) is 0 Å². The lowest BCUT2D eigenvalue weighted by Gasteiger charge is -2.15. The summed E-state index contributed by atoms with van der Waals surface area (Å²) in [5.74, 6) is 0.418. The van der Waals surface area contributed by atoms with Crippen LogP contribution in [0.15, 0.2) is 27.8 Å². The zero-order chi connectivity index (χ0) is 22.9. The summed E-state index contributed by atoms with van der Waals surface area (Å²) in [6.07, 6.45) is 1.66. The maximum Gasteiger partial charge on any atom is 0.339 e. The van der Waals surface area contributed by atoms with Gasteiger partial charge < -0.3 is 9.84 Å². The van der Waals surface area contributed by atoms with E-state index in [4.69, 9.17) is 27.7 Å². The van der Waals surface area contributed by atoms with E-state index < -0.39 is 6.03 Å². The lowest BCUT2D eigenvalue weighted by Crippen LogP contribution is -2.24. The molecule has 2 aromatic carbocycles. The molecular formula is C23H24Cl2N4O2. The Kier molecular flexibility index (Phi) is 6.72. The van der Waals surface area contributed by atoms with E-state index in [1.165, 1.54) is 16.7 Å². The topological polar surface area (TPSA) is 79.5 Å². The number of hydrogen-bond acceptors (Lipinski definition) is 4. The van der Waals surface area contributed by atoms with Crippen LogP contribution in [0, 0.1) is 41.5 Å². The van der Waals surface area contributed by atoms with Crippen LogP contribution in [0.25, 0.3) is 11.3 Å². The van der Waals surface area contributed by atoms with E-state index in [2.05, 4.69) is 55.6 Å². The first kappa shape index (κ1) is 22.8. The van der Waals surface area contributed by atoms with Gasteiger partial charge in [-0.2, -0.15) is 5.10 Å². The molecule has 6 nitrogen and oxygen atoms in total. The molecule has 3 aromatic rings. The fourth-order valence-electron chi connectivity index (χ4n) is 3.43. The number of amides is 2. The Labute approximate surface area is 191 Å². The van der Waals surface area contributed by atoms with Crippen molar-refractivity contribution in [1.82, 2.24) is 10.6 Å². The monoisotopic (exact) mass is 458 g/mol. The second-order valence-corrected chi connectivity index (χ2v) is 8.24. The number of hydrogen-bond donors (Lipinski definition) is 2. The Bertz CT molecular complexity index is 1150. The second-order valence-electron chi connectivity index (χ2n) is 7.42. The smallest absolute Gasteiger partial charge is 0.339 e. The van der Waals surface area contributed by atoms with Gasteiger partial charge in [-0.15, -0.1) is 0 Å². The van der Waals surface area contributed by atoms with Crippen LogP contribution in [-0.4, -0.2) is 17.4 Å². The molecule has 0 radical (unpaired) electrons. The molecule has 0 spiro atoms. The van der Waals surface area contributed by atoms with Crippen molar-refractivity contribution in [3.63, 3.8) is 0 Å². The number of halogens is 2. The van der Waals surface area contributed by atoms with Gasteiger partial charge in [0.1, 0.15) is 11.4 Å². The average Bonchev–Trinajstić information content (AvgIpc) is 3.07. The second kappa shape index (κ2) is 9.12. The fourth-order valence-corrected chi connectivity index (χ4v) is 4.01. The maximum absolute atomic E-state index is 12.5. The largest absolute Gasteiger partial charge is 0.359 e. The van der Waals surface area contributed by atoms with Crippen LogP contribution >= 0.6 is 23.2 Å². The highest BCUT2D eigenvalue weighted by Crippen LogP contribution is 2.39. The number of rotatable bonds is 4. The lowest BCUT2D eigenvalue weighted by molar-refractivity contribution is 0.252. The fraction of sp³-hybridized carbons (Fsp3) is 0.261. The molecule has 31 heavy (non-hydrogen) atoms. The minimum atomic E-state index is -0.539. The molecule has 3 rings (SSSR count). The van der Waals surface area contributed by atoms with E-state index in [9.17, 15) is 4.79 Å². The minimum Gasteiger partial charge on any atom is -0.359 e. The number of nitrogens with one attached hydrogen (secondary N) is 2. The summed E-state index contributed by atoms with van der Waals surface area (Å²) in [5, 5.41) is 11.7. The van der Waals surface area contributed by atoms with Crippen LogP contribution < -0.4 is 10.7 Å². The summed E-state index contributed by atoms with van der Waals surface area (Å²) in [5.41, 5.74) is 10.7. The number of nitrogens with zero attached hydrogens (tertiary/aromatic N) is 2. The minimum absolute atomic E-state index is 0.351. The van der Waals surface area contributed by atoms with Crippen molar-refractivity contribution in [2.45, 2.75) is 41.5 Å². The van der Waals surface area contributed by atoms with Crippen LogP contribution in [0.1, 0.15) is 39.1 Å². The van der Waals surface area contributed by atoms with Crippen molar-refractivity contribution in [2.75, 3.05) is 5.32 Å². The molecule has 2 N–H and O–H groups in total. The molecular weight excluding hydrogens is 435 g/mol. The molecule has 0 aliphatic heterocycles. The van der Waals surface area contributed by atoms with Crippen molar-refractivity contribution in [3.05, 3.63) is 67.4 Å². The molecule has 2 amide bonds. The van der Waals surface area contributed by atoms with Crippen molar-refractivity contribution in [3.8, 4) is 11.3 Å². The van der Waals surface area contributed by atoms with Gasteiger partial charge in [0.2, 0.25) is 0 Å². The van der Waals surface area contributed by atoms with Crippen molar-refractivity contribution >= 4 is 41.1 Å². The molecule has 0 unspecified atom stereocenters. The Balaban J connectivity index is 1.82. The molecule has 162 valence electrons. The van der Waals surface area contributed by atoms with Crippen molar-refractivity contribution in [1.29, 1.82) is 0 Å². The third kappa shape index (κ3) is 4.45. The van der Waals surface area contributed by atoms with Gasteiger partial charge >= 0.3 is 6.03 Å². The third-order valence-corrected chi connectivity index (χ3v) is 6.35. The zero-order valence-electron chi connectivity index (χ0n) is 18.3. The van der Waals surface area contributed by atoms with Crippen LogP contribution in [0.4, 0.5) is 10.5 Å². The van der Waals surface area contributed by atoms with Crippen molar-refractivity contribution < 1.29 is 9.32 Å². The van der Waals surface area contributed by atoms with E-state index in [0.717, 1.165) is 16.7 Å². The Hall–Kier alpha value is -2.83. The Morgan fingerprint density at radius 2 is 1.52 bits per heavy atom. The van der Waals surface area contributed by atoms with E-state index in [1.807, 2.05) is 0 Å². The molecule has 0 aliphatic rings. The first-order valence-electron chi connectivity index (χ1n) is 9.71. The number of aromatic nitrogens is 1. The highest BCUT2D eigenvalue weighted by atomic mass is 35.5. The predicted octanol–water partition coefficient (Wildman–Crippen LogP) is 6.65. The standard InChI is InChI=1S/C23H24Cl2N4O2/c1-11-12(2)14(4)17(15(5)13(11)3)10-26-28-23(30)27-21-16(6)31-29-22(21)20-18(24)8-7-9-19(20)25/h7-10H,1-6H3,(H2,27,28,30)/b26-10-. The quantitative estimate of drug-likeness (QED) is 0.338. The molecule has 0 saturated carbocycles. The van der Waals surface area contributed by atoms with Gasteiger partial charge in [0, 0.05) is 11.1 Å². The van der Waals surface area contributed by atoms with E-state index in [-0.39, 0.29) is 0 Å². The van der Waals surface area contributed by atoms with E-state index >= 15 is 0 Å². The summed E-state index contributed by atoms with van der Waals surface area (Å²) >= 11 is 12.6. The molecule has 0 fully saturated rings. The SMILES string of the molecule is Cc1onc(-c2c(Cl)cccc2Cl)c1NC(=O)N/N=C\c1c(C)c(C)c(C)c(C)c1C. The highest BCUT2D eigenvalue weighted by molar-refractivity contribution is 6.39.